The minimum absolute atomic E-state index is 0.103. The van der Waals surface area contributed by atoms with E-state index in [0.717, 1.165) is 63.3 Å². The number of hydrogen-bond donors (Lipinski definition) is 0. The van der Waals surface area contributed by atoms with E-state index in [1.165, 1.54) is 6.42 Å². The summed E-state index contributed by atoms with van der Waals surface area (Å²) in [7, 11) is 2.00. The quantitative estimate of drug-likeness (QED) is 0.819. The lowest BCUT2D eigenvalue weighted by Crippen LogP contribution is -2.43. The number of likely N-dealkylation sites (N-methyl/N-ethyl adjacent to an activating group) is 1. The van der Waals surface area contributed by atoms with E-state index < -0.39 is 0 Å². The third-order valence-corrected chi connectivity index (χ3v) is 5.89. The van der Waals surface area contributed by atoms with Gasteiger partial charge in [-0.15, -0.1) is 0 Å². The summed E-state index contributed by atoms with van der Waals surface area (Å²) in [5.41, 5.74) is 1.65. The normalized spacial score (nSPS) is 22.4. The molecule has 0 unspecified atom stereocenters. The van der Waals surface area contributed by atoms with E-state index in [9.17, 15) is 9.59 Å². The van der Waals surface area contributed by atoms with Crippen molar-refractivity contribution in [2.45, 2.75) is 44.6 Å². The second-order valence-corrected chi connectivity index (χ2v) is 7.95. The van der Waals surface area contributed by atoms with Gasteiger partial charge in [0.15, 0.2) is 0 Å². The number of carbonyl (C=O) groups is 2. The minimum Gasteiger partial charge on any atom is -0.486 e. The fraction of sp³-hybridized carbons (Fsp3) is 0.619. The number of anilines is 1. The van der Waals surface area contributed by atoms with Gasteiger partial charge in [-0.1, -0.05) is 0 Å². The highest BCUT2D eigenvalue weighted by atomic mass is 16.5. The molecule has 6 heteroatoms. The lowest BCUT2D eigenvalue weighted by molar-refractivity contribution is -0.133. The van der Waals surface area contributed by atoms with Crippen molar-refractivity contribution >= 4 is 17.5 Å². The summed E-state index contributed by atoms with van der Waals surface area (Å²) in [6.07, 6.45) is 5.88. The third-order valence-electron chi connectivity index (χ3n) is 5.89. The molecule has 146 valence electrons. The molecule has 0 N–H and O–H groups in total. The van der Waals surface area contributed by atoms with E-state index in [1.807, 2.05) is 35.0 Å². The van der Waals surface area contributed by atoms with Crippen molar-refractivity contribution in [3.05, 3.63) is 23.8 Å². The number of carbonyl (C=O) groups excluding carboxylic acids is 2. The zero-order valence-corrected chi connectivity index (χ0v) is 16.2. The van der Waals surface area contributed by atoms with Crippen LogP contribution in [0.3, 0.4) is 0 Å². The third kappa shape index (κ3) is 3.89. The number of fused-ring (bicyclic) bond motifs is 1. The van der Waals surface area contributed by atoms with E-state index in [0.29, 0.717) is 18.5 Å². The van der Waals surface area contributed by atoms with Crippen LogP contribution in [0.4, 0.5) is 5.69 Å². The lowest BCUT2D eigenvalue weighted by atomic mass is 10.1. The summed E-state index contributed by atoms with van der Waals surface area (Å²) in [5, 5.41) is 0. The first-order valence-electron chi connectivity index (χ1n) is 10.2. The predicted octanol–water partition coefficient (Wildman–Crippen LogP) is 2.52. The standard InChI is InChI=1S/C21H29N3O3/c1-22-15-17(14-20(25)23-9-3-2-4-10-23)27-19-8-7-16(13-18(19)22)21(26)24-11-5-6-12-24/h7-8,13,17H,2-6,9-12,14-15H2,1H3/t17-/m0/s1. The fourth-order valence-electron chi connectivity index (χ4n) is 4.35. The molecule has 2 saturated heterocycles. The molecule has 6 nitrogen and oxygen atoms in total. The van der Waals surface area contributed by atoms with Crippen molar-refractivity contribution in [1.82, 2.24) is 9.80 Å². The monoisotopic (exact) mass is 371 g/mol. The van der Waals surface area contributed by atoms with Gasteiger partial charge in [0.1, 0.15) is 11.9 Å². The molecule has 3 heterocycles. The second-order valence-electron chi connectivity index (χ2n) is 7.95. The number of likely N-dealkylation sites (tertiary alicyclic amines) is 2. The van der Waals surface area contributed by atoms with Crippen molar-refractivity contribution in [3.8, 4) is 5.75 Å². The van der Waals surface area contributed by atoms with Crippen LogP contribution < -0.4 is 9.64 Å². The van der Waals surface area contributed by atoms with E-state index in [1.54, 1.807) is 0 Å². The molecule has 1 aromatic carbocycles. The maximum absolute atomic E-state index is 12.6. The largest absolute Gasteiger partial charge is 0.486 e. The van der Waals surface area contributed by atoms with E-state index in [2.05, 4.69) is 4.90 Å². The number of nitrogens with zero attached hydrogens (tertiary/aromatic N) is 3. The van der Waals surface area contributed by atoms with Crippen molar-refractivity contribution in [3.63, 3.8) is 0 Å². The first-order chi connectivity index (χ1) is 13.1. The lowest BCUT2D eigenvalue weighted by Gasteiger charge is -2.35. The Kier molecular flexibility index (Phi) is 5.23. The molecular formula is C21H29N3O3. The number of rotatable bonds is 3. The van der Waals surface area contributed by atoms with Crippen LogP contribution in [0, 0.1) is 0 Å². The van der Waals surface area contributed by atoms with E-state index >= 15 is 0 Å². The number of ether oxygens (including phenoxy) is 1. The second kappa shape index (κ2) is 7.79. The molecule has 0 spiro atoms. The Labute approximate surface area is 161 Å². The number of piperidine rings is 1. The Morgan fingerprint density at radius 2 is 1.67 bits per heavy atom. The summed E-state index contributed by atoms with van der Waals surface area (Å²) in [6.45, 7) is 4.11. The number of benzene rings is 1. The van der Waals surface area contributed by atoms with Crippen molar-refractivity contribution < 1.29 is 14.3 Å². The molecule has 2 amide bonds. The molecule has 4 rings (SSSR count). The summed E-state index contributed by atoms with van der Waals surface area (Å²) >= 11 is 0. The summed E-state index contributed by atoms with van der Waals surface area (Å²) in [4.78, 5) is 31.2. The Bertz CT molecular complexity index is 709. The topological polar surface area (TPSA) is 53.1 Å². The zero-order valence-electron chi connectivity index (χ0n) is 16.2. The van der Waals surface area contributed by atoms with Gasteiger partial charge in [0, 0.05) is 38.8 Å². The molecule has 27 heavy (non-hydrogen) atoms. The van der Waals surface area contributed by atoms with Crippen LogP contribution in [0.25, 0.3) is 0 Å². The highest BCUT2D eigenvalue weighted by Gasteiger charge is 2.29. The molecule has 1 atom stereocenters. The molecular weight excluding hydrogens is 342 g/mol. The van der Waals surface area contributed by atoms with Gasteiger partial charge < -0.3 is 19.4 Å². The highest BCUT2D eigenvalue weighted by molar-refractivity contribution is 5.96. The summed E-state index contributed by atoms with van der Waals surface area (Å²) in [5.74, 6) is 1.06. The van der Waals surface area contributed by atoms with E-state index in [4.69, 9.17) is 4.74 Å². The highest BCUT2D eigenvalue weighted by Crippen LogP contribution is 2.34. The minimum atomic E-state index is -0.142. The van der Waals surface area contributed by atoms with Crippen LogP contribution in [0.5, 0.6) is 5.75 Å². The van der Waals surface area contributed by atoms with Crippen LogP contribution >= 0.6 is 0 Å². The van der Waals surface area contributed by atoms with Crippen LogP contribution in [0.1, 0.15) is 48.9 Å². The van der Waals surface area contributed by atoms with Crippen molar-refractivity contribution in [2.75, 3.05) is 44.7 Å². The first kappa shape index (κ1) is 18.1. The van der Waals surface area contributed by atoms with Gasteiger partial charge in [-0.3, -0.25) is 9.59 Å². The van der Waals surface area contributed by atoms with Crippen LogP contribution in [-0.4, -0.2) is 67.5 Å². The molecule has 1 aromatic rings. The Morgan fingerprint density at radius 3 is 2.41 bits per heavy atom. The first-order valence-corrected chi connectivity index (χ1v) is 10.2. The van der Waals surface area contributed by atoms with Crippen molar-refractivity contribution in [2.24, 2.45) is 0 Å². The molecule has 3 aliphatic heterocycles. The van der Waals surface area contributed by atoms with Gasteiger partial charge in [-0.2, -0.15) is 0 Å². The molecule has 0 bridgehead atoms. The molecule has 0 radical (unpaired) electrons. The zero-order chi connectivity index (χ0) is 18.8. The average molecular weight is 371 g/mol. The molecule has 0 aromatic heterocycles. The average Bonchev–Trinajstić information content (AvgIpc) is 3.23. The maximum atomic E-state index is 12.6. The van der Waals surface area contributed by atoms with Gasteiger partial charge in [0.25, 0.3) is 5.91 Å². The summed E-state index contributed by atoms with van der Waals surface area (Å²) < 4.78 is 6.11. The van der Waals surface area contributed by atoms with E-state index in [-0.39, 0.29) is 17.9 Å². The van der Waals surface area contributed by atoms with Crippen LogP contribution in [0.2, 0.25) is 0 Å². The Morgan fingerprint density at radius 1 is 1.00 bits per heavy atom. The fourth-order valence-corrected chi connectivity index (χ4v) is 4.35. The molecule has 3 aliphatic rings. The van der Waals surface area contributed by atoms with Gasteiger partial charge in [0.2, 0.25) is 5.91 Å². The van der Waals surface area contributed by atoms with Gasteiger partial charge >= 0.3 is 0 Å². The van der Waals surface area contributed by atoms with Crippen LogP contribution in [-0.2, 0) is 4.79 Å². The maximum Gasteiger partial charge on any atom is 0.253 e. The van der Waals surface area contributed by atoms with Gasteiger partial charge in [0.05, 0.1) is 18.7 Å². The molecule has 0 saturated carbocycles. The smallest absolute Gasteiger partial charge is 0.253 e. The number of amides is 2. The Balaban J connectivity index is 1.43. The van der Waals surface area contributed by atoms with Crippen LogP contribution in [0.15, 0.2) is 18.2 Å². The molecule has 2 fully saturated rings. The summed E-state index contributed by atoms with van der Waals surface area (Å²) in [6, 6.07) is 5.66. The predicted molar refractivity (Wildman–Crippen MR) is 104 cm³/mol. The molecule has 0 aliphatic carbocycles. The number of hydrogen-bond acceptors (Lipinski definition) is 4. The van der Waals surface area contributed by atoms with Crippen molar-refractivity contribution in [1.29, 1.82) is 0 Å². The van der Waals surface area contributed by atoms with Gasteiger partial charge in [-0.25, -0.2) is 0 Å². The SMILES string of the molecule is CN1C[C@H](CC(=O)N2CCCCC2)Oc2ccc(C(=O)N3CCCC3)cc21. The Hall–Kier alpha value is -2.24. The van der Waals surface area contributed by atoms with Gasteiger partial charge in [-0.05, 0) is 50.3 Å².